The maximum atomic E-state index is 11.2. The number of aromatic amines is 1. The number of nitrogens with zero attached hydrogens (tertiary/aromatic N) is 4. The van der Waals surface area contributed by atoms with Crippen LogP contribution in [0, 0.1) is 10.1 Å². The number of nitrogens with one attached hydrogen (secondary N) is 2. The summed E-state index contributed by atoms with van der Waals surface area (Å²) >= 11 is 0. The summed E-state index contributed by atoms with van der Waals surface area (Å²) in [6.45, 7) is 3.41. The Morgan fingerprint density at radius 3 is 2.66 bits per heavy atom. The Balaban J connectivity index is 1.73. The number of rotatable bonds is 7. The molecule has 0 amide bonds. The molecule has 2 aromatic carbocycles. The van der Waals surface area contributed by atoms with Gasteiger partial charge in [0.15, 0.2) is 5.96 Å². The summed E-state index contributed by atoms with van der Waals surface area (Å²) in [5.74, 6) is 1.46. The van der Waals surface area contributed by atoms with E-state index in [1.807, 2.05) is 55.4 Å². The zero-order chi connectivity index (χ0) is 20.6. The molecule has 0 aliphatic rings. The van der Waals surface area contributed by atoms with Gasteiger partial charge in [-0.25, -0.2) is 9.98 Å². The minimum atomic E-state index is -0.380. The van der Waals surface area contributed by atoms with Crippen LogP contribution in [0.3, 0.4) is 0 Å². The minimum absolute atomic E-state index is 0.0771. The fraction of sp³-hybridized carbons (Fsp3) is 0.238. The van der Waals surface area contributed by atoms with E-state index >= 15 is 0 Å². The van der Waals surface area contributed by atoms with Gasteiger partial charge in [0.25, 0.3) is 5.69 Å². The second-order valence-corrected chi connectivity index (χ2v) is 6.52. The Bertz CT molecular complexity index is 984. The number of aromatic nitrogens is 2. The molecule has 2 N–H and O–H groups in total. The van der Waals surface area contributed by atoms with Crippen LogP contribution < -0.4 is 5.32 Å². The van der Waals surface area contributed by atoms with Crippen LogP contribution in [0.4, 0.5) is 5.69 Å². The molecule has 0 atom stereocenters. The van der Waals surface area contributed by atoms with Crippen molar-refractivity contribution in [2.75, 3.05) is 13.6 Å². The number of hydrogen-bond acceptors (Lipinski definition) is 4. The summed E-state index contributed by atoms with van der Waals surface area (Å²) in [4.78, 5) is 25.1. The van der Waals surface area contributed by atoms with Crippen LogP contribution in [0.25, 0.3) is 11.3 Å². The smallest absolute Gasteiger partial charge is 0.274 e. The minimum Gasteiger partial charge on any atom is -0.357 e. The summed E-state index contributed by atoms with van der Waals surface area (Å²) in [5, 5.41) is 14.4. The monoisotopic (exact) mass is 392 g/mol. The topological polar surface area (TPSA) is 99.4 Å². The van der Waals surface area contributed by atoms with Crippen molar-refractivity contribution < 1.29 is 4.92 Å². The molecule has 0 bridgehead atoms. The van der Waals surface area contributed by atoms with E-state index in [2.05, 4.69) is 20.3 Å². The van der Waals surface area contributed by atoms with Gasteiger partial charge >= 0.3 is 0 Å². The molecule has 29 heavy (non-hydrogen) atoms. The maximum Gasteiger partial charge on any atom is 0.274 e. The quantitative estimate of drug-likeness (QED) is 0.277. The van der Waals surface area contributed by atoms with Crippen LogP contribution in [0.15, 0.2) is 65.8 Å². The molecule has 0 unspecified atom stereocenters. The van der Waals surface area contributed by atoms with Crippen LogP contribution in [0.5, 0.6) is 0 Å². The van der Waals surface area contributed by atoms with Gasteiger partial charge in [-0.05, 0) is 12.5 Å². The number of H-pyrrole nitrogens is 1. The Kier molecular flexibility index (Phi) is 6.57. The largest absolute Gasteiger partial charge is 0.357 e. The number of guanidine groups is 1. The molecule has 1 aromatic heterocycles. The van der Waals surface area contributed by atoms with Crippen LogP contribution in [0.1, 0.15) is 18.3 Å². The molecule has 0 aliphatic heterocycles. The Labute approximate surface area is 169 Å². The van der Waals surface area contributed by atoms with Gasteiger partial charge in [0.05, 0.1) is 35.5 Å². The standard InChI is InChI=1S/C21H24N6O2/c1-3-22-21(24-13-17-11-7-8-12-19(17)27(28)29)26(2)15-20-23-14-18(25-20)16-9-5-4-6-10-16/h4-12,14H,3,13,15H2,1-2H3,(H,22,24)(H,23,25). The highest BCUT2D eigenvalue weighted by atomic mass is 16.6. The number of nitro benzene ring substituents is 1. The second-order valence-electron chi connectivity index (χ2n) is 6.52. The first-order valence-electron chi connectivity index (χ1n) is 9.39. The first-order valence-corrected chi connectivity index (χ1v) is 9.39. The van der Waals surface area contributed by atoms with E-state index in [4.69, 9.17) is 0 Å². The summed E-state index contributed by atoms with van der Waals surface area (Å²) in [5.41, 5.74) is 2.68. The predicted molar refractivity (Wildman–Crippen MR) is 113 cm³/mol. The maximum absolute atomic E-state index is 11.2. The molecule has 0 aliphatic carbocycles. The molecule has 3 rings (SSSR count). The molecule has 1 heterocycles. The van der Waals surface area contributed by atoms with Gasteiger partial charge in [0.2, 0.25) is 0 Å². The fourth-order valence-corrected chi connectivity index (χ4v) is 2.96. The highest BCUT2D eigenvalue weighted by Crippen LogP contribution is 2.19. The van der Waals surface area contributed by atoms with Crippen molar-refractivity contribution in [2.24, 2.45) is 4.99 Å². The second kappa shape index (κ2) is 9.50. The number of aliphatic imine (C=N–C) groups is 1. The van der Waals surface area contributed by atoms with E-state index in [1.54, 1.807) is 18.2 Å². The third-order valence-corrected chi connectivity index (χ3v) is 4.38. The van der Waals surface area contributed by atoms with Crippen molar-refractivity contribution in [1.29, 1.82) is 0 Å². The van der Waals surface area contributed by atoms with E-state index in [9.17, 15) is 10.1 Å². The third kappa shape index (κ3) is 5.19. The van der Waals surface area contributed by atoms with Crippen molar-refractivity contribution in [3.05, 3.63) is 82.3 Å². The van der Waals surface area contributed by atoms with Crippen LogP contribution in [-0.2, 0) is 13.1 Å². The van der Waals surface area contributed by atoms with Crippen LogP contribution in [0.2, 0.25) is 0 Å². The van der Waals surface area contributed by atoms with Gasteiger partial charge in [0, 0.05) is 19.7 Å². The lowest BCUT2D eigenvalue weighted by atomic mass is 10.2. The molecule has 3 aromatic rings. The lowest BCUT2D eigenvalue weighted by Gasteiger charge is -2.21. The van der Waals surface area contributed by atoms with Crippen molar-refractivity contribution in [2.45, 2.75) is 20.0 Å². The van der Waals surface area contributed by atoms with E-state index in [1.165, 1.54) is 6.07 Å². The highest BCUT2D eigenvalue weighted by molar-refractivity contribution is 5.79. The van der Waals surface area contributed by atoms with Crippen molar-refractivity contribution in [1.82, 2.24) is 20.2 Å². The van der Waals surface area contributed by atoms with Gasteiger partial charge in [-0.3, -0.25) is 10.1 Å². The van der Waals surface area contributed by atoms with Crippen molar-refractivity contribution >= 4 is 11.6 Å². The molecule has 8 heteroatoms. The molecule has 0 saturated heterocycles. The van der Waals surface area contributed by atoms with E-state index in [-0.39, 0.29) is 17.2 Å². The summed E-state index contributed by atoms with van der Waals surface area (Å²) in [7, 11) is 1.91. The van der Waals surface area contributed by atoms with Crippen LogP contribution in [-0.4, -0.2) is 39.3 Å². The normalized spacial score (nSPS) is 11.3. The summed E-state index contributed by atoms with van der Waals surface area (Å²) < 4.78 is 0. The number of hydrogen-bond donors (Lipinski definition) is 2. The molecule has 0 radical (unpaired) electrons. The Morgan fingerprint density at radius 2 is 1.93 bits per heavy atom. The lowest BCUT2D eigenvalue weighted by Crippen LogP contribution is -2.38. The van der Waals surface area contributed by atoms with Crippen molar-refractivity contribution in [3.8, 4) is 11.3 Å². The zero-order valence-electron chi connectivity index (χ0n) is 16.5. The summed E-state index contributed by atoms with van der Waals surface area (Å²) in [6, 6.07) is 16.7. The lowest BCUT2D eigenvalue weighted by molar-refractivity contribution is -0.385. The SMILES string of the molecule is CCNC(=NCc1ccccc1[N+](=O)[O-])N(C)Cc1ncc(-c2ccccc2)[nH]1. The van der Waals surface area contributed by atoms with E-state index in [0.717, 1.165) is 17.1 Å². The molecule has 0 spiro atoms. The first-order chi connectivity index (χ1) is 14.1. The average Bonchev–Trinajstić information content (AvgIpc) is 3.20. The van der Waals surface area contributed by atoms with Crippen molar-refractivity contribution in [3.63, 3.8) is 0 Å². The van der Waals surface area contributed by atoms with E-state index in [0.29, 0.717) is 24.6 Å². The highest BCUT2D eigenvalue weighted by Gasteiger charge is 2.14. The Morgan fingerprint density at radius 1 is 1.21 bits per heavy atom. The number of nitro groups is 1. The molecular formula is C21H24N6O2. The molecule has 8 nitrogen and oxygen atoms in total. The van der Waals surface area contributed by atoms with Gasteiger partial charge in [0.1, 0.15) is 5.82 Å². The van der Waals surface area contributed by atoms with E-state index < -0.39 is 0 Å². The number of para-hydroxylation sites is 1. The molecule has 0 fully saturated rings. The third-order valence-electron chi connectivity index (χ3n) is 4.38. The van der Waals surface area contributed by atoms with Gasteiger partial charge in [-0.15, -0.1) is 0 Å². The Hall–Kier alpha value is -3.68. The fourth-order valence-electron chi connectivity index (χ4n) is 2.96. The van der Waals surface area contributed by atoms with Gasteiger partial charge in [-0.1, -0.05) is 48.5 Å². The number of benzene rings is 2. The molecule has 150 valence electrons. The van der Waals surface area contributed by atoms with Gasteiger partial charge < -0.3 is 15.2 Å². The molecular weight excluding hydrogens is 368 g/mol. The molecule has 0 saturated carbocycles. The first kappa shape index (κ1) is 20.1. The average molecular weight is 392 g/mol. The van der Waals surface area contributed by atoms with Gasteiger partial charge in [-0.2, -0.15) is 0 Å². The zero-order valence-corrected chi connectivity index (χ0v) is 16.5. The predicted octanol–water partition coefficient (Wildman–Crippen LogP) is 3.58. The van der Waals surface area contributed by atoms with Crippen LogP contribution >= 0.6 is 0 Å². The summed E-state index contributed by atoms with van der Waals surface area (Å²) in [6.07, 6.45) is 1.82. The number of imidazole rings is 1.